The van der Waals surface area contributed by atoms with Crippen LogP contribution in [0.25, 0.3) is 0 Å². The quantitative estimate of drug-likeness (QED) is 0.334. The fourth-order valence-electron chi connectivity index (χ4n) is 3.37. The molecule has 156 valence electrons. The topological polar surface area (TPSA) is 65.7 Å². The lowest BCUT2D eigenvalue weighted by Crippen LogP contribution is -2.43. The van der Waals surface area contributed by atoms with Gasteiger partial charge in [-0.2, -0.15) is 0 Å². The Hall–Kier alpha value is -1.13. The van der Waals surface area contributed by atoms with E-state index >= 15 is 0 Å². The van der Waals surface area contributed by atoms with E-state index in [0.29, 0.717) is 5.92 Å². The molecule has 0 bridgehead atoms. The van der Waals surface area contributed by atoms with Crippen LogP contribution < -0.4 is 10.6 Å². The molecule has 6 nitrogen and oxygen atoms in total. The van der Waals surface area contributed by atoms with E-state index in [1.54, 1.807) is 11.3 Å². The molecule has 1 fully saturated rings. The van der Waals surface area contributed by atoms with Crippen LogP contribution in [0.2, 0.25) is 0 Å². The molecule has 1 aliphatic rings. The van der Waals surface area contributed by atoms with Crippen molar-refractivity contribution in [2.75, 3.05) is 33.2 Å². The third-order valence-electron chi connectivity index (χ3n) is 5.16. The van der Waals surface area contributed by atoms with E-state index in [0.717, 1.165) is 62.4 Å². The van der Waals surface area contributed by atoms with Gasteiger partial charge in [-0.3, -0.25) is 9.89 Å². The van der Waals surface area contributed by atoms with Crippen LogP contribution in [0.3, 0.4) is 0 Å². The van der Waals surface area contributed by atoms with Crippen molar-refractivity contribution in [2.24, 2.45) is 10.9 Å². The molecule has 8 heteroatoms. The van der Waals surface area contributed by atoms with Crippen LogP contribution in [-0.2, 0) is 13.0 Å². The molecule has 0 spiro atoms. The van der Waals surface area contributed by atoms with Crippen LogP contribution in [0.15, 0.2) is 26.9 Å². The van der Waals surface area contributed by atoms with Gasteiger partial charge in [0.15, 0.2) is 5.96 Å². The van der Waals surface area contributed by atoms with Gasteiger partial charge in [0.2, 0.25) is 5.89 Å². The average molecular weight is 517 g/mol. The van der Waals surface area contributed by atoms with Crippen molar-refractivity contribution < 1.29 is 4.42 Å². The molecular formula is C20H32IN5OS. The summed E-state index contributed by atoms with van der Waals surface area (Å²) in [6, 6.07) is 4.28. The van der Waals surface area contributed by atoms with Crippen LogP contribution in [-0.4, -0.2) is 49.1 Å². The minimum atomic E-state index is 0. The van der Waals surface area contributed by atoms with Gasteiger partial charge in [-0.05, 0) is 63.6 Å². The molecule has 0 aliphatic carbocycles. The van der Waals surface area contributed by atoms with Gasteiger partial charge < -0.3 is 15.1 Å². The number of hydrogen-bond donors (Lipinski definition) is 2. The van der Waals surface area contributed by atoms with E-state index in [1.807, 2.05) is 20.9 Å². The SMILES string of the molecule is CN=C(NCCc1cccs1)NCC1CCN(Cc2nc(C)c(C)o2)CC1.I. The average Bonchev–Trinajstić information content (AvgIpc) is 3.29. The summed E-state index contributed by atoms with van der Waals surface area (Å²) in [5.74, 6) is 3.36. The number of halogens is 1. The van der Waals surface area contributed by atoms with Crippen molar-refractivity contribution >= 4 is 41.3 Å². The Morgan fingerprint density at radius 2 is 2.11 bits per heavy atom. The minimum absolute atomic E-state index is 0. The number of aryl methyl sites for hydroxylation is 2. The van der Waals surface area contributed by atoms with E-state index in [1.165, 1.54) is 17.7 Å². The van der Waals surface area contributed by atoms with Crippen molar-refractivity contribution in [3.8, 4) is 0 Å². The zero-order valence-electron chi connectivity index (χ0n) is 17.0. The Morgan fingerprint density at radius 1 is 1.32 bits per heavy atom. The molecule has 1 saturated heterocycles. The highest BCUT2D eigenvalue weighted by molar-refractivity contribution is 14.0. The van der Waals surface area contributed by atoms with Gasteiger partial charge in [-0.15, -0.1) is 35.3 Å². The van der Waals surface area contributed by atoms with Gasteiger partial charge in [0.05, 0.1) is 12.2 Å². The highest BCUT2D eigenvalue weighted by Gasteiger charge is 2.21. The summed E-state index contributed by atoms with van der Waals surface area (Å²) < 4.78 is 5.71. The van der Waals surface area contributed by atoms with Crippen molar-refractivity contribution in [2.45, 2.75) is 39.7 Å². The Kier molecular flexibility index (Phi) is 9.73. The molecule has 28 heavy (non-hydrogen) atoms. The van der Waals surface area contributed by atoms with Crippen LogP contribution in [0.4, 0.5) is 0 Å². The molecule has 3 heterocycles. The third-order valence-corrected chi connectivity index (χ3v) is 6.10. The maximum atomic E-state index is 5.71. The maximum absolute atomic E-state index is 5.71. The van der Waals surface area contributed by atoms with E-state index in [4.69, 9.17) is 4.42 Å². The molecule has 3 rings (SSSR count). The number of nitrogens with zero attached hydrogens (tertiary/aromatic N) is 3. The first-order valence-electron chi connectivity index (χ1n) is 9.76. The first kappa shape index (κ1) is 23.2. The summed E-state index contributed by atoms with van der Waals surface area (Å²) in [4.78, 5) is 12.7. The van der Waals surface area contributed by atoms with Crippen molar-refractivity contribution in [3.63, 3.8) is 0 Å². The fraction of sp³-hybridized carbons (Fsp3) is 0.600. The second-order valence-electron chi connectivity index (χ2n) is 7.18. The largest absolute Gasteiger partial charge is 0.444 e. The summed E-state index contributed by atoms with van der Waals surface area (Å²) in [6.45, 7) is 8.87. The number of piperidine rings is 1. The molecule has 0 saturated carbocycles. The minimum Gasteiger partial charge on any atom is -0.444 e. The smallest absolute Gasteiger partial charge is 0.208 e. The van der Waals surface area contributed by atoms with Gasteiger partial charge in [0.25, 0.3) is 0 Å². The highest BCUT2D eigenvalue weighted by Crippen LogP contribution is 2.19. The van der Waals surface area contributed by atoms with E-state index in [9.17, 15) is 0 Å². The predicted octanol–water partition coefficient (Wildman–Crippen LogP) is 3.59. The monoisotopic (exact) mass is 517 g/mol. The Balaban J connectivity index is 0.00000280. The van der Waals surface area contributed by atoms with Gasteiger partial charge in [-0.1, -0.05) is 6.07 Å². The number of hydrogen-bond acceptors (Lipinski definition) is 5. The molecule has 0 aromatic carbocycles. The first-order chi connectivity index (χ1) is 13.1. The Morgan fingerprint density at radius 3 is 2.71 bits per heavy atom. The number of aromatic nitrogens is 1. The number of aliphatic imine (C=N–C) groups is 1. The summed E-state index contributed by atoms with van der Waals surface area (Å²) >= 11 is 1.80. The molecule has 1 aliphatic heterocycles. The summed E-state index contributed by atoms with van der Waals surface area (Å²) in [5, 5.41) is 9.02. The van der Waals surface area contributed by atoms with E-state index in [-0.39, 0.29) is 24.0 Å². The fourth-order valence-corrected chi connectivity index (χ4v) is 4.08. The van der Waals surface area contributed by atoms with Gasteiger partial charge >= 0.3 is 0 Å². The summed E-state index contributed by atoms with van der Waals surface area (Å²) in [6.07, 6.45) is 3.42. The normalized spacial score (nSPS) is 16.0. The molecule has 2 aromatic heterocycles. The predicted molar refractivity (Wildman–Crippen MR) is 127 cm³/mol. The molecule has 0 unspecified atom stereocenters. The van der Waals surface area contributed by atoms with Gasteiger partial charge in [0, 0.05) is 25.0 Å². The third kappa shape index (κ3) is 7.04. The highest BCUT2D eigenvalue weighted by atomic mass is 127. The van der Waals surface area contributed by atoms with Crippen LogP contribution in [0, 0.1) is 19.8 Å². The number of rotatable bonds is 7. The van der Waals surface area contributed by atoms with Crippen LogP contribution >= 0.6 is 35.3 Å². The van der Waals surface area contributed by atoms with Crippen LogP contribution in [0.5, 0.6) is 0 Å². The molecule has 0 radical (unpaired) electrons. The molecular weight excluding hydrogens is 485 g/mol. The number of likely N-dealkylation sites (tertiary alicyclic amines) is 1. The summed E-state index contributed by atoms with van der Waals surface area (Å²) in [5.41, 5.74) is 1.00. The standard InChI is InChI=1S/C20H31N5OS.HI/c1-15-16(2)26-19(24-15)14-25-10-7-17(8-11-25)13-23-20(21-3)22-9-6-18-5-4-12-27-18;/h4-5,12,17H,6-11,13-14H2,1-3H3,(H2,21,22,23);1H. The van der Waals surface area contributed by atoms with Crippen molar-refractivity contribution in [1.29, 1.82) is 0 Å². The molecule has 0 amide bonds. The Labute approximate surface area is 189 Å². The number of guanidine groups is 1. The van der Waals surface area contributed by atoms with E-state index in [2.05, 4.69) is 43.0 Å². The molecule has 2 aromatic rings. The summed E-state index contributed by atoms with van der Waals surface area (Å²) in [7, 11) is 1.84. The van der Waals surface area contributed by atoms with E-state index < -0.39 is 0 Å². The zero-order valence-corrected chi connectivity index (χ0v) is 20.2. The second kappa shape index (κ2) is 11.8. The van der Waals surface area contributed by atoms with Crippen molar-refractivity contribution in [3.05, 3.63) is 39.7 Å². The first-order valence-corrected chi connectivity index (χ1v) is 10.6. The lowest BCUT2D eigenvalue weighted by atomic mass is 9.97. The zero-order chi connectivity index (χ0) is 19.1. The lowest BCUT2D eigenvalue weighted by Gasteiger charge is -2.31. The van der Waals surface area contributed by atoms with Gasteiger partial charge in [0.1, 0.15) is 5.76 Å². The van der Waals surface area contributed by atoms with Crippen molar-refractivity contribution in [1.82, 2.24) is 20.5 Å². The molecule has 2 N–H and O–H groups in total. The maximum Gasteiger partial charge on any atom is 0.208 e. The number of thiophene rings is 1. The lowest BCUT2D eigenvalue weighted by molar-refractivity contribution is 0.164. The second-order valence-corrected chi connectivity index (χ2v) is 8.21. The Bertz CT molecular complexity index is 704. The number of nitrogens with one attached hydrogen (secondary N) is 2. The molecule has 0 atom stereocenters. The van der Waals surface area contributed by atoms with Gasteiger partial charge in [-0.25, -0.2) is 4.98 Å². The van der Waals surface area contributed by atoms with Crippen LogP contribution in [0.1, 0.15) is 35.1 Å². The number of oxazole rings is 1.